The summed E-state index contributed by atoms with van der Waals surface area (Å²) in [5, 5.41) is 2.65. The first-order valence-corrected chi connectivity index (χ1v) is 8.88. The monoisotopic (exact) mass is 343 g/mol. The van der Waals surface area contributed by atoms with E-state index in [1.807, 2.05) is 37.3 Å². The van der Waals surface area contributed by atoms with Gasteiger partial charge in [-0.3, -0.25) is 4.79 Å². The van der Waals surface area contributed by atoms with E-state index in [4.69, 9.17) is 4.74 Å². The van der Waals surface area contributed by atoms with Crippen LogP contribution in [0.4, 0.5) is 5.69 Å². The molecule has 0 saturated heterocycles. The molecule has 0 saturated carbocycles. The molecule has 4 nitrogen and oxygen atoms in total. The number of esters is 1. The Bertz CT molecular complexity index is 688. The van der Waals surface area contributed by atoms with Crippen LogP contribution in [-0.4, -0.2) is 23.7 Å². The normalized spacial score (nSPS) is 11.6. The number of carbonyl (C=O) groups is 2. The van der Waals surface area contributed by atoms with Gasteiger partial charge in [-0.2, -0.15) is 0 Å². The minimum absolute atomic E-state index is 0.0862. The third-order valence-electron chi connectivity index (χ3n) is 3.35. The van der Waals surface area contributed by atoms with Crippen molar-refractivity contribution in [2.75, 3.05) is 11.9 Å². The summed E-state index contributed by atoms with van der Waals surface area (Å²) in [7, 11) is 0. The minimum Gasteiger partial charge on any atom is -0.462 e. The molecule has 1 amide bonds. The van der Waals surface area contributed by atoms with Crippen LogP contribution >= 0.6 is 11.8 Å². The molecule has 0 radical (unpaired) electrons. The van der Waals surface area contributed by atoms with E-state index in [0.29, 0.717) is 17.9 Å². The molecule has 126 valence electrons. The first-order chi connectivity index (χ1) is 11.6. The number of carbonyl (C=O) groups excluding carboxylic acids is 2. The van der Waals surface area contributed by atoms with Crippen LogP contribution in [-0.2, 0) is 15.3 Å². The van der Waals surface area contributed by atoms with Gasteiger partial charge in [-0.1, -0.05) is 36.4 Å². The lowest BCUT2D eigenvalue weighted by atomic mass is 10.2. The second-order valence-corrected chi connectivity index (χ2v) is 6.56. The lowest BCUT2D eigenvalue weighted by Crippen LogP contribution is -2.22. The van der Waals surface area contributed by atoms with E-state index in [2.05, 4.69) is 5.32 Å². The van der Waals surface area contributed by atoms with E-state index in [9.17, 15) is 9.59 Å². The predicted molar refractivity (Wildman–Crippen MR) is 98.2 cm³/mol. The first kappa shape index (κ1) is 18.1. The quantitative estimate of drug-likeness (QED) is 0.768. The van der Waals surface area contributed by atoms with Crippen LogP contribution < -0.4 is 5.32 Å². The van der Waals surface area contributed by atoms with Crippen LogP contribution in [0.25, 0.3) is 0 Å². The molecule has 0 bridgehead atoms. The van der Waals surface area contributed by atoms with Gasteiger partial charge in [0.25, 0.3) is 0 Å². The molecule has 0 heterocycles. The summed E-state index contributed by atoms with van der Waals surface area (Å²) in [5.41, 5.74) is 2.21. The number of rotatable bonds is 7. The van der Waals surface area contributed by atoms with E-state index in [-0.39, 0.29) is 17.1 Å². The Labute approximate surface area is 146 Å². The molecule has 1 N–H and O–H groups in total. The highest BCUT2D eigenvalue weighted by atomic mass is 32.2. The van der Waals surface area contributed by atoms with Gasteiger partial charge in [-0.25, -0.2) is 4.79 Å². The van der Waals surface area contributed by atoms with E-state index < -0.39 is 0 Å². The third kappa shape index (κ3) is 5.42. The highest BCUT2D eigenvalue weighted by Gasteiger charge is 2.14. The van der Waals surface area contributed by atoms with Crippen LogP contribution in [0.3, 0.4) is 0 Å². The maximum Gasteiger partial charge on any atom is 0.338 e. The fraction of sp³-hybridized carbons (Fsp3) is 0.263. The zero-order valence-corrected chi connectivity index (χ0v) is 14.6. The molecular formula is C19H21NO3S. The lowest BCUT2D eigenvalue weighted by Gasteiger charge is -2.12. The molecule has 0 fully saturated rings. The van der Waals surface area contributed by atoms with Crippen LogP contribution in [0, 0.1) is 0 Å². The van der Waals surface area contributed by atoms with Crippen LogP contribution in [0.1, 0.15) is 29.8 Å². The molecule has 24 heavy (non-hydrogen) atoms. The number of anilines is 1. The maximum absolute atomic E-state index is 12.3. The molecule has 0 aliphatic heterocycles. The topological polar surface area (TPSA) is 55.4 Å². The van der Waals surface area contributed by atoms with Gasteiger partial charge >= 0.3 is 5.97 Å². The molecule has 2 rings (SSSR count). The summed E-state index contributed by atoms with van der Waals surface area (Å²) in [6.07, 6.45) is 0. The Morgan fingerprint density at radius 3 is 2.58 bits per heavy atom. The number of ether oxygens (including phenoxy) is 1. The molecule has 1 atom stereocenters. The van der Waals surface area contributed by atoms with Crippen molar-refractivity contribution in [3.8, 4) is 0 Å². The van der Waals surface area contributed by atoms with Crippen LogP contribution in [0.2, 0.25) is 0 Å². The molecule has 0 unspecified atom stereocenters. The van der Waals surface area contributed by atoms with Crippen molar-refractivity contribution in [1.82, 2.24) is 0 Å². The summed E-state index contributed by atoms with van der Waals surface area (Å²) in [6.45, 7) is 3.95. The maximum atomic E-state index is 12.3. The largest absolute Gasteiger partial charge is 0.462 e. The molecule has 0 spiro atoms. The van der Waals surface area contributed by atoms with Gasteiger partial charge < -0.3 is 10.1 Å². The van der Waals surface area contributed by atoms with Gasteiger partial charge in [0, 0.05) is 11.4 Å². The zero-order chi connectivity index (χ0) is 17.4. The van der Waals surface area contributed by atoms with Gasteiger partial charge in [0.2, 0.25) is 5.91 Å². The number of hydrogen-bond donors (Lipinski definition) is 1. The third-order valence-corrected chi connectivity index (χ3v) is 4.57. The van der Waals surface area contributed by atoms with Crippen molar-refractivity contribution in [2.24, 2.45) is 0 Å². The lowest BCUT2D eigenvalue weighted by molar-refractivity contribution is -0.115. The fourth-order valence-electron chi connectivity index (χ4n) is 2.05. The molecule has 2 aromatic carbocycles. The van der Waals surface area contributed by atoms with Crippen molar-refractivity contribution in [2.45, 2.75) is 24.9 Å². The van der Waals surface area contributed by atoms with Crippen molar-refractivity contribution >= 4 is 29.3 Å². The minimum atomic E-state index is -0.389. The van der Waals surface area contributed by atoms with Gasteiger partial charge in [0.1, 0.15) is 0 Å². The smallest absolute Gasteiger partial charge is 0.338 e. The molecule has 2 aromatic rings. The van der Waals surface area contributed by atoms with Crippen molar-refractivity contribution < 1.29 is 14.3 Å². The number of amides is 1. The number of nitrogens with one attached hydrogen (secondary N) is 1. The van der Waals surface area contributed by atoms with Gasteiger partial charge in [0.15, 0.2) is 0 Å². The summed E-state index contributed by atoms with van der Waals surface area (Å²) in [6, 6.07) is 16.8. The van der Waals surface area contributed by atoms with Crippen LogP contribution in [0.15, 0.2) is 54.6 Å². The van der Waals surface area contributed by atoms with E-state index in [0.717, 1.165) is 5.75 Å². The summed E-state index contributed by atoms with van der Waals surface area (Å²) < 4.78 is 4.97. The number of hydrogen-bond acceptors (Lipinski definition) is 4. The molecule has 0 aliphatic rings. The second-order valence-electron chi connectivity index (χ2n) is 5.23. The van der Waals surface area contributed by atoms with Crippen molar-refractivity contribution in [3.05, 3.63) is 65.7 Å². The summed E-state index contributed by atoms with van der Waals surface area (Å²) in [4.78, 5) is 24.0. The van der Waals surface area contributed by atoms with E-state index in [1.54, 1.807) is 43.0 Å². The molecule has 0 aromatic heterocycles. The standard InChI is InChI=1S/C19H21NO3S/c1-3-23-19(22)16-10-7-11-17(12-16)20-18(21)14(2)24-13-15-8-5-4-6-9-15/h4-12,14H,3,13H2,1-2H3,(H,20,21)/t14-/m1/s1. The Balaban J connectivity index is 1.91. The van der Waals surface area contributed by atoms with Crippen molar-refractivity contribution in [3.63, 3.8) is 0 Å². The van der Waals surface area contributed by atoms with Gasteiger partial charge in [0.05, 0.1) is 17.4 Å². The summed E-state index contributed by atoms with van der Waals surface area (Å²) in [5.74, 6) is 0.301. The fourth-order valence-corrected chi connectivity index (χ4v) is 2.90. The average Bonchev–Trinajstić information content (AvgIpc) is 2.61. The zero-order valence-electron chi connectivity index (χ0n) is 13.8. The predicted octanol–water partition coefficient (Wildman–Crippen LogP) is 4.12. The van der Waals surface area contributed by atoms with Gasteiger partial charge in [-0.15, -0.1) is 11.8 Å². The number of thioether (sulfide) groups is 1. The van der Waals surface area contributed by atoms with Crippen LogP contribution in [0.5, 0.6) is 0 Å². The average molecular weight is 343 g/mol. The Morgan fingerprint density at radius 1 is 1.12 bits per heavy atom. The Kier molecular flexibility index (Phi) is 6.88. The SMILES string of the molecule is CCOC(=O)c1cccc(NC(=O)[C@@H](C)SCc2ccccc2)c1. The second kappa shape index (κ2) is 9.13. The Morgan fingerprint density at radius 2 is 1.88 bits per heavy atom. The first-order valence-electron chi connectivity index (χ1n) is 7.83. The van der Waals surface area contributed by atoms with E-state index in [1.165, 1.54) is 5.56 Å². The molecular weight excluding hydrogens is 322 g/mol. The number of benzene rings is 2. The summed E-state index contributed by atoms with van der Waals surface area (Å²) >= 11 is 1.57. The van der Waals surface area contributed by atoms with Crippen molar-refractivity contribution in [1.29, 1.82) is 0 Å². The van der Waals surface area contributed by atoms with E-state index >= 15 is 0 Å². The molecule has 0 aliphatic carbocycles. The Hall–Kier alpha value is -2.27. The van der Waals surface area contributed by atoms with Gasteiger partial charge in [-0.05, 0) is 37.6 Å². The highest BCUT2D eigenvalue weighted by Crippen LogP contribution is 2.20. The molecule has 5 heteroatoms. The highest BCUT2D eigenvalue weighted by molar-refractivity contribution is 7.99.